The fourth-order valence-corrected chi connectivity index (χ4v) is 5.43. The number of furan rings is 1. The van der Waals surface area contributed by atoms with Gasteiger partial charge in [0.2, 0.25) is 0 Å². The number of thioether (sulfide) groups is 1. The highest BCUT2D eigenvalue weighted by Gasteiger charge is 2.42. The van der Waals surface area contributed by atoms with Crippen LogP contribution in [0.5, 0.6) is 0 Å². The summed E-state index contributed by atoms with van der Waals surface area (Å²) in [6, 6.07) is 9.84. The lowest BCUT2D eigenvalue weighted by atomic mass is 9.76. The molecule has 1 aliphatic heterocycles. The number of Topliss-reactive ketones (excluding diaryl/α,β-unsaturated/α-hetero) is 1. The van der Waals surface area contributed by atoms with E-state index in [4.69, 9.17) is 21.8 Å². The minimum Gasteiger partial charge on any atom is -0.455 e. The van der Waals surface area contributed by atoms with Gasteiger partial charge in [0, 0.05) is 28.3 Å². The van der Waals surface area contributed by atoms with Gasteiger partial charge >= 0.3 is 0 Å². The molecular formula is C24H24ClN3O2S. The van der Waals surface area contributed by atoms with Gasteiger partial charge in [0.05, 0.1) is 23.2 Å². The molecule has 7 heteroatoms. The van der Waals surface area contributed by atoms with Crippen LogP contribution >= 0.6 is 23.4 Å². The standard InChI is InChI=1S/C24H24ClN3O2S/c1-4-31-24-15(11-13(2)30-24)21-16(12-26)23(27)28(18-8-5-7-17(25)14(18)3)19-9-6-10-20(29)22(19)21/h5,7-8,11,21H,4,6,9-10,27H2,1-3H3. The third-order valence-electron chi connectivity index (χ3n) is 5.83. The highest BCUT2D eigenvalue weighted by Crippen LogP contribution is 2.49. The van der Waals surface area contributed by atoms with Gasteiger partial charge in [0.15, 0.2) is 10.9 Å². The quantitative estimate of drug-likeness (QED) is 0.574. The van der Waals surface area contributed by atoms with Crippen molar-refractivity contribution in [2.45, 2.75) is 51.0 Å². The Morgan fingerprint density at radius 2 is 2.13 bits per heavy atom. The molecule has 1 aliphatic carbocycles. The average Bonchev–Trinajstić information content (AvgIpc) is 3.10. The molecule has 1 aromatic carbocycles. The summed E-state index contributed by atoms with van der Waals surface area (Å²) in [5.74, 6) is 1.46. The Morgan fingerprint density at radius 1 is 1.35 bits per heavy atom. The van der Waals surface area contributed by atoms with Crippen molar-refractivity contribution in [3.8, 4) is 6.07 Å². The SMILES string of the molecule is CCSc1oc(C)cc1C1C(C#N)=C(N)N(c2cccc(Cl)c2C)C2=C1C(=O)CCC2. The maximum atomic E-state index is 13.3. The maximum absolute atomic E-state index is 13.3. The van der Waals surface area contributed by atoms with Crippen molar-refractivity contribution in [1.29, 1.82) is 5.26 Å². The molecule has 2 heterocycles. The predicted octanol–water partition coefficient (Wildman–Crippen LogP) is 5.97. The second-order valence-corrected chi connectivity index (χ2v) is 9.38. The number of hydrogen-bond donors (Lipinski definition) is 1. The zero-order valence-electron chi connectivity index (χ0n) is 17.8. The number of anilines is 1. The Balaban J connectivity index is 2.00. The number of nitrogens with zero attached hydrogens (tertiary/aromatic N) is 2. The minimum atomic E-state index is -0.518. The van der Waals surface area contributed by atoms with E-state index < -0.39 is 5.92 Å². The minimum absolute atomic E-state index is 0.0579. The Morgan fingerprint density at radius 3 is 2.84 bits per heavy atom. The Kier molecular flexibility index (Phi) is 5.92. The molecular weight excluding hydrogens is 430 g/mol. The highest BCUT2D eigenvalue weighted by molar-refractivity contribution is 7.99. The van der Waals surface area contributed by atoms with Gasteiger partial charge in [-0.1, -0.05) is 36.4 Å². The van der Waals surface area contributed by atoms with Crippen LogP contribution in [0.2, 0.25) is 5.02 Å². The fourth-order valence-electron chi connectivity index (χ4n) is 4.47. The summed E-state index contributed by atoms with van der Waals surface area (Å²) in [5.41, 5.74) is 11.0. The van der Waals surface area contributed by atoms with Crippen molar-refractivity contribution in [2.75, 3.05) is 10.7 Å². The van der Waals surface area contributed by atoms with Gasteiger partial charge in [0.1, 0.15) is 11.6 Å². The van der Waals surface area contributed by atoms with Crippen molar-refractivity contribution in [1.82, 2.24) is 0 Å². The van der Waals surface area contributed by atoms with Gasteiger partial charge in [0.25, 0.3) is 0 Å². The maximum Gasteiger partial charge on any atom is 0.164 e. The molecule has 0 amide bonds. The monoisotopic (exact) mass is 453 g/mol. The summed E-state index contributed by atoms with van der Waals surface area (Å²) in [5, 5.41) is 11.5. The van der Waals surface area contributed by atoms with Gasteiger partial charge in [-0.2, -0.15) is 5.26 Å². The van der Waals surface area contributed by atoms with Crippen molar-refractivity contribution < 1.29 is 9.21 Å². The largest absolute Gasteiger partial charge is 0.455 e. The third kappa shape index (κ3) is 3.56. The molecule has 0 saturated carbocycles. The average molecular weight is 454 g/mol. The lowest BCUT2D eigenvalue weighted by molar-refractivity contribution is -0.116. The number of nitrogens with two attached hydrogens (primary N) is 1. The number of hydrogen-bond acceptors (Lipinski definition) is 6. The molecule has 31 heavy (non-hydrogen) atoms. The molecule has 5 nitrogen and oxygen atoms in total. The summed E-state index contributed by atoms with van der Waals surface area (Å²) in [7, 11) is 0. The zero-order valence-corrected chi connectivity index (χ0v) is 19.4. The normalized spacial score (nSPS) is 19.0. The van der Waals surface area contributed by atoms with Crippen molar-refractivity contribution >= 4 is 34.8 Å². The van der Waals surface area contributed by atoms with Gasteiger partial charge < -0.3 is 10.2 Å². The molecule has 0 fully saturated rings. The molecule has 1 unspecified atom stereocenters. The number of rotatable bonds is 4. The van der Waals surface area contributed by atoms with Crippen LogP contribution < -0.4 is 10.6 Å². The van der Waals surface area contributed by atoms with Gasteiger partial charge in [-0.3, -0.25) is 9.69 Å². The van der Waals surface area contributed by atoms with Gasteiger partial charge in [-0.15, -0.1) is 0 Å². The van der Waals surface area contributed by atoms with Crippen LogP contribution in [0.25, 0.3) is 0 Å². The van der Waals surface area contributed by atoms with E-state index in [-0.39, 0.29) is 5.78 Å². The fraction of sp³-hybridized carbons (Fsp3) is 0.333. The van der Waals surface area contributed by atoms with Crippen LogP contribution in [-0.2, 0) is 4.79 Å². The van der Waals surface area contributed by atoms with Crippen LogP contribution in [0.3, 0.4) is 0 Å². The molecule has 160 valence electrons. The molecule has 1 aromatic heterocycles. The summed E-state index contributed by atoms with van der Waals surface area (Å²) in [6.45, 7) is 5.84. The van der Waals surface area contributed by atoms with Crippen LogP contribution in [-0.4, -0.2) is 11.5 Å². The molecule has 0 bridgehead atoms. The smallest absolute Gasteiger partial charge is 0.164 e. The van der Waals surface area contributed by atoms with Gasteiger partial charge in [-0.25, -0.2) is 0 Å². The number of carbonyl (C=O) groups excluding carboxylic acids is 1. The summed E-state index contributed by atoms with van der Waals surface area (Å²) in [6.07, 6.45) is 1.91. The molecule has 4 rings (SSSR count). The zero-order chi connectivity index (χ0) is 22.3. The van der Waals surface area contributed by atoms with Gasteiger partial charge in [-0.05, 0) is 56.2 Å². The molecule has 2 aliphatic rings. The summed E-state index contributed by atoms with van der Waals surface area (Å²) in [4.78, 5) is 15.1. The van der Waals surface area contributed by atoms with Crippen molar-refractivity contribution in [2.24, 2.45) is 5.73 Å². The van der Waals surface area contributed by atoms with E-state index in [0.717, 1.165) is 45.5 Å². The number of halogens is 1. The number of aryl methyl sites for hydroxylation is 1. The molecule has 0 saturated heterocycles. The molecule has 0 radical (unpaired) electrons. The Bertz CT molecular complexity index is 1170. The lowest BCUT2D eigenvalue weighted by Gasteiger charge is -2.40. The first kappa shape index (κ1) is 21.6. The van der Waals surface area contributed by atoms with Crippen molar-refractivity contribution in [3.63, 3.8) is 0 Å². The van der Waals surface area contributed by atoms with E-state index in [9.17, 15) is 10.1 Å². The molecule has 1 atom stereocenters. The van der Waals surface area contributed by atoms with E-state index in [1.807, 2.05) is 49.9 Å². The van der Waals surface area contributed by atoms with E-state index in [1.54, 1.807) is 11.8 Å². The van der Waals surface area contributed by atoms with Crippen LogP contribution in [0, 0.1) is 25.2 Å². The Hall–Kier alpha value is -2.62. The third-order valence-corrected chi connectivity index (χ3v) is 7.11. The number of nitriles is 1. The topological polar surface area (TPSA) is 83.3 Å². The number of carbonyl (C=O) groups is 1. The second-order valence-electron chi connectivity index (χ2n) is 7.73. The van der Waals surface area contributed by atoms with Crippen LogP contribution in [0.4, 0.5) is 5.69 Å². The van der Waals surface area contributed by atoms with E-state index in [1.165, 1.54) is 0 Å². The molecule has 2 N–H and O–H groups in total. The van der Waals surface area contributed by atoms with E-state index in [0.29, 0.717) is 34.8 Å². The summed E-state index contributed by atoms with van der Waals surface area (Å²) >= 11 is 7.96. The van der Waals surface area contributed by atoms with E-state index >= 15 is 0 Å². The number of benzene rings is 1. The van der Waals surface area contributed by atoms with Crippen LogP contribution in [0.1, 0.15) is 49.0 Å². The van der Waals surface area contributed by atoms with E-state index in [2.05, 4.69) is 6.07 Å². The van der Waals surface area contributed by atoms with Crippen molar-refractivity contribution in [3.05, 3.63) is 68.8 Å². The Labute approximate surface area is 191 Å². The molecule has 0 spiro atoms. The first-order valence-electron chi connectivity index (χ1n) is 10.3. The first-order valence-corrected chi connectivity index (χ1v) is 11.7. The summed E-state index contributed by atoms with van der Waals surface area (Å²) < 4.78 is 5.92. The number of allylic oxidation sites excluding steroid dienone is 3. The predicted molar refractivity (Wildman–Crippen MR) is 124 cm³/mol. The lowest BCUT2D eigenvalue weighted by Crippen LogP contribution is -2.39. The second kappa shape index (κ2) is 8.49. The highest BCUT2D eigenvalue weighted by atomic mass is 35.5. The van der Waals surface area contributed by atoms with Crippen LogP contribution in [0.15, 0.2) is 56.4 Å². The first-order chi connectivity index (χ1) is 14.9. The number of ketones is 1. The molecule has 2 aromatic rings.